The number of fused-ring (bicyclic) bond motifs is 1. The highest BCUT2D eigenvalue weighted by Crippen LogP contribution is 2.28. The molecule has 2 rings (SSSR count). The lowest BCUT2D eigenvalue weighted by atomic mass is 10.0. The third kappa shape index (κ3) is 3.61. The summed E-state index contributed by atoms with van der Waals surface area (Å²) in [5, 5.41) is 3.61. The van der Waals surface area contributed by atoms with Crippen LogP contribution in [0, 0.1) is 5.92 Å². The molecule has 104 valence electrons. The van der Waals surface area contributed by atoms with Crippen molar-refractivity contribution in [1.82, 2.24) is 10.2 Å². The molecule has 0 aromatic rings. The van der Waals surface area contributed by atoms with Crippen molar-refractivity contribution in [3.8, 4) is 0 Å². The normalized spacial score (nSPS) is 29.4. The average Bonchev–Trinajstić information content (AvgIpc) is 2.61. The van der Waals surface area contributed by atoms with Crippen molar-refractivity contribution in [2.45, 2.75) is 58.1 Å². The van der Waals surface area contributed by atoms with Crippen LogP contribution in [0.5, 0.6) is 0 Å². The maximum absolute atomic E-state index is 12.2. The monoisotopic (exact) mass is 254 g/mol. The van der Waals surface area contributed by atoms with E-state index in [9.17, 15) is 4.79 Å². The predicted octanol–water partition coefficient (Wildman–Crippen LogP) is 2.39. The van der Waals surface area contributed by atoms with E-state index in [-0.39, 0.29) is 6.09 Å². The second-order valence-electron chi connectivity index (χ2n) is 6.53. The Labute approximate surface area is 110 Å². The van der Waals surface area contributed by atoms with Crippen molar-refractivity contribution in [2.75, 3.05) is 19.6 Å². The number of nitrogens with one attached hydrogen (secondary N) is 1. The molecule has 0 aromatic heterocycles. The Kier molecular flexibility index (Phi) is 4.15. The van der Waals surface area contributed by atoms with E-state index in [0.717, 1.165) is 26.1 Å². The predicted molar refractivity (Wildman–Crippen MR) is 71.6 cm³/mol. The Morgan fingerprint density at radius 1 is 1.28 bits per heavy atom. The number of carbonyl (C=O) groups is 1. The van der Waals surface area contributed by atoms with Gasteiger partial charge in [-0.25, -0.2) is 4.79 Å². The third-order valence-corrected chi connectivity index (χ3v) is 3.78. The molecule has 4 heteroatoms. The van der Waals surface area contributed by atoms with Gasteiger partial charge in [0.15, 0.2) is 0 Å². The molecule has 2 unspecified atom stereocenters. The van der Waals surface area contributed by atoms with Crippen molar-refractivity contribution >= 4 is 6.09 Å². The van der Waals surface area contributed by atoms with Crippen LogP contribution < -0.4 is 5.32 Å². The zero-order valence-corrected chi connectivity index (χ0v) is 11.9. The molecule has 0 radical (unpaired) electrons. The summed E-state index contributed by atoms with van der Waals surface area (Å²) in [6, 6.07) is 0.607. The molecule has 0 bridgehead atoms. The van der Waals surface area contributed by atoms with E-state index in [0.29, 0.717) is 12.0 Å². The van der Waals surface area contributed by atoms with Gasteiger partial charge in [0.1, 0.15) is 5.60 Å². The molecule has 0 aromatic carbocycles. The van der Waals surface area contributed by atoms with Crippen LogP contribution >= 0.6 is 0 Å². The van der Waals surface area contributed by atoms with Crippen LogP contribution in [0.3, 0.4) is 0 Å². The summed E-state index contributed by atoms with van der Waals surface area (Å²) in [7, 11) is 0. The van der Waals surface area contributed by atoms with E-state index in [2.05, 4.69) is 5.32 Å². The van der Waals surface area contributed by atoms with E-state index in [4.69, 9.17) is 4.74 Å². The minimum atomic E-state index is -0.396. The number of ether oxygens (including phenoxy) is 1. The standard InChI is InChI=1S/C14H26N2O2/c1-14(2,3)18-13(17)16-9-5-8-15-12-7-4-6-11(12)10-16/h11-12,15H,4-10H2,1-3H3. The fourth-order valence-corrected chi connectivity index (χ4v) is 2.95. The smallest absolute Gasteiger partial charge is 0.410 e. The molecular weight excluding hydrogens is 228 g/mol. The van der Waals surface area contributed by atoms with E-state index < -0.39 is 5.60 Å². The number of hydrogen-bond donors (Lipinski definition) is 1. The largest absolute Gasteiger partial charge is 0.444 e. The van der Waals surface area contributed by atoms with Crippen molar-refractivity contribution in [2.24, 2.45) is 5.92 Å². The molecule has 2 atom stereocenters. The lowest BCUT2D eigenvalue weighted by Gasteiger charge is -2.33. The van der Waals surface area contributed by atoms with Crippen molar-refractivity contribution in [3.63, 3.8) is 0 Å². The molecule has 1 N–H and O–H groups in total. The quantitative estimate of drug-likeness (QED) is 0.721. The number of amides is 1. The highest BCUT2D eigenvalue weighted by molar-refractivity contribution is 5.68. The highest BCUT2D eigenvalue weighted by Gasteiger charge is 2.32. The topological polar surface area (TPSA) is 41.6 Å². The van der Waals surface area contributed by atoms with Gasteiger partial charge in [-0.3, -0.25) is 0 Å². The van der Waals surface area contributed by atoms with Gasteiger partial charge in [-0.05, 0) is 52.5 Å². The molecule has 0 spiro atoms. The third-order valence-electron chi connectivity index (χ3n) is 3.78. The summed E-state index contributed by atoms with van der Waals surface area (Å²) in [6.45, 7) is 8.46. The molecule has 1 saturated carbocycles. The average molecular weight is 254 g/mol. The Hall–Kier alpha value is -0.770. The van der Waals surface area contributed by atoms with Crippen molar-refractivity contribution in [3.05, 3.63) is 0 Å². The maximum Gasteiger partial charge on any atom is 0.410 e. The maximum atomic E-state index is 12.2. The first kappa shape index (κ1) is 13.7. The number of hydrogen-bond acceptors (Lipinski definition) is 3. The van der Waals surface area contributed by atoms with E-state index in [1.807, 2.05) is 25.7 Å². The van der Waals surface area contributed by atoms with Gasteiger partial charge in [-0.15, -0.1) is 0 Å². The van der Waals surface area contributed by atoms with Gasteiger partial charge in [-0.1, -0.05) is 6.42 Å². The second-order valence-corrected chi connectivity index (χ2v) is 6.53. The number of nitrogens with zero attached hydrogens (tertiary/aromatic N) is 1. The molecule has 1 aliphatic heterocycles. The minimum absolute atomic E-state index is 0.143. The van der Waals surface area contributed by atoms with E-state index in [1.165, 1.54) is 19.3 Å². The number of carbonyl (C=O) groups excluding carboxylic acids is 1. The minimum Gasteiger partial charge on any atom is -0.444 e. The molecule has 1 saturated heterocycles. The van der Waals surface area contributed by atoms with Crippen LogP contribution in [-0.2, 0) is 4.74 Å². The summed E-state index contributed by atoms with van der Waals surface area (Å²) in [4.78, 5) is 14.1. The van der Waals surface area contributed by atoms with Crippen LogP contribution in [0.1, 0.15) is 46.5 Å². The summed E-state index contributed by atoms with van der Waals surface area (Å²) in [5.74, 6) is 0.609. The van der Waals surface area contributed by atoms with Crippen molar-refractivity contribution < 1.29 is 9.53 Å². The molecule has 2 aliphatic rings. The Balaban J connectivity index is 1.96. The molecular formula is C14H26N2O2. The Morgan fingerprint density at radius 2 is 2.06 bits per heavy atom. The van der Waals surface area contributed by atoms with Gasteiger partial charge >= 0.3 is 6.09 Å². The fourth-order valence-electron chi connectivity index (χ4n) is 2.95. The van der Waals surface area contributed by atoms with Gasteiger partial charge in [0, 0.05) is 19.1 Å². The van der Waals surface area contributed by atoms with E-state index in [1.54, 1.807) is 0 Å². The van der Waals surface area contributed by atoms with Gasteiger partial charge in [0.2, 0.25) is 0 Å². The van der Waals surface area contributed by atoms with Crippen molar-refractivity contribution in [1.29, 1.82) is 0 Å². The lowest BCUT2D eigenvalue weighted by molar-refractivity contribution is 0.0198. The van der Waals surface area contributed by atoms with Gasteiger partial charge in [0.05, 0.1) is 0 Å². The molecule has 18 heavy (non-hydrogen) atoms. The molecule has 1 amide bonds. The Bertz CT molecular complexity index is 299. The zero-order chi connectivity index (χ0) is 13.2. The van der Waals surface area contributed by atoms with Gasteiger partial charge in [-0.2, -0.15) is 0 Å². The SMILES string of the molecule is CC(C)(C)OC(=O)N1CCCNC2CCCC2C1. The first-order valence-corrected chi connectivity index (χ1v) is 7.17. The first-order valence-electron chi connectivity index (χ1n) is 7.17. The van der Waals surface area contributed by atoms with Gasteiger partial charge in [0.25, 0.3) is 0 Å². The first-order chi connectivity index (χ1) is 8.46. The van der Waals surface area contributed by atoms with E-state index >= 15 is 0 Å². The number of rotatable bonds is 0. The zero-order valence-electron chi connectivity index (χ0n) is 11.9. The molecule has 1 heterocycles. The van der Waals surface area contributed by atoms with Gasteiger partial charge < -0.3 is 15.0 Å². The molecule has 4 nitrogen and oxygen atoms in total. The molecule has 1 aliphatic carbocycles. The molecule has 2 fully saturated rings. The second kappa shape index (κ2) is 5.47. The summed E-state index contributed by atoms with van der Waals surface area (Å²) in [5.41, 5.74) is -0.396. The summed E-state index contributed by atoms with van der Waals surface area (Å²) >= 11 is 0. The van der Waals surface area contributed by atoms with Crippen LogP contribution in [-0.4, -0.2) is 42.3 Å². The van der Waals surface area contributed by atoms with Crippen LogP contribution in [0.25, 0.3) is 0 Å². The summed E-state index contributed by atoms with van der Waals surface area (Å²) in [6.07, 6.45) is 4.64. The highest BCUT2D eigenvalue weighted by atomic mass is 16.6. The van der Waals surface area contributed by atoms with Crippen LogP contribution in [0.2, 0.25) is 0 Å². The van der Waals surface area contributed by atoms with Crippen LogP contribution in [0.4, 0.5) is 4.79 Å². The van der Waals surface area contributed by atoms with Crippen LogP contribution in [0.15, 0.2) is 0 Å². The lowest BCUT2D eigenvalue weighted by Crippen LogP contribution is -2.47. The summed E-state index contributed by atoms with van der Waals surface area (Å²) < 4.78 is 5.49. The Morgan fingerprint density at radius 3 is 2.78 bits per heavy atom. The fraction of sp³-hybridized carbons (Fsp3) is 0.929.